The van der Waals surface area contributed by atoms with E-state index in [0.29, 0.717) is 22.7 Å². The van der Waals surface area contributed by atoms with Gasteiger partial charge in [-0.15, -0.1) is 11.8 Å². The molecule has 0 aliphatic rings. The summed E-state index contributed by atoms with van der Waals surface area (Å²) in [6.45, 7) is 0. The van der Waals surface area contributed by atoms with E-state index in [1.807, 2.05) is 6.07 Å². The minimum Gasteiger partial charge on any atom is -0.493 e. The molecule has 1 N–H and O–H groups in total. The summed E-state index contributed by atoms with van der Waals surface area (Å²) in [6, 6.07) is 17.6. The van der Waals surface area contributed by atoms with Gasteiger partial charge in [0.15, 0.2) is 17.3 Å². The summed E-state index contributed by atoms with van der Waals surface area (Å²) in [5.41, 5.74) is 1.13. The zero-order valence-corrected chi connectivity index (χ0v) is 18.2. The summed E-state index contributed by atoms with van der Waals surface area (Å²) >= 11 is 1.28. The molecule has 0 fully saturated rings. The van der Waals surface area contributed by atoms with Crippen LogP contribution in [-0.4, -0.2) is 36.6 Å². The Balaban J connectivity index is 1.65. The van der Waals surface area contributed by atoms with Crippen molar-refractivity contribution in [1.82, 2.24) is 0 Å². The molecule has 164 valence electrons. The average molecular weight is 452 g/mol. The van der Waals surface area contributed by atoms with E-state index in [-0.39, 0.29) is 28.7 Å². The molecule has 0 saturated heterocycles. The van der Waals surface area contributed by atoms with Crippen molar-refractivity contribution in [2.75, 3.05) is 25.3 Å². The number of thioether (sulfide) groups is 1. The number of ketones is 1. The van der Waals surface area contributed by atoms with Crippen LogP contribution in [0.15, 0.2) is 71.6 Å². The van der Waals surface area contributed by atoms with E-state index in [0.717, 1.165) is 4.90 Å². The summed E-state index contributed by atoms with van der Waals surface area (Å²) in [5, 5.41) is 13.7. The number of nitrogens with zero attached hydrogens (tertiary/aromatic N) is 1. The fourth-order valence-corrected chi connectivity index (χ4v) is 3.72. The van der Waals surface area contributed by atoms with E-state index in [1.165, 1.54) is 44.2 Å². The third kappa shape index (κ3) is 5.64. The Kier molecular flexibility index (Phi) is 7.45. The largest absolute Gasteiger partial charge is 0.493 e. The maximum atomic E-state index is 12.6. The maximum absolute atomic E-state index is 12.6. The smallest absolute Gasteiger partial charge is 0.270 e. The summed E-state index contributed by atoms with van der Waals surface area (Å²) < 4.78 is 10.4. The van der Waals surface area contributed by atoms with Crippen LogP contribution in [0, 0.1) is 10.1 Å². The Labute approximate surface area is 188 Å². The van der Waals surface area contributed by atoms with E-state index in [9.17, 15) is 19.7 Å². The number of carbonyl (C=O) groups is 2. The molecule has 1 amide bonds. The van der Waals surface area contributed by atoms with Gasteiger partial charge in [0, 0.05) is 33.8 Å². The van der Waals surface area contributed by atoms with Crippen molar-refractivity contribution < 1.29 is 24.0 Å². The van der Waals surface area contributed by atoms with Gasteiger partial charge in [0.05, 0.1) is 24.9 Å². The molecule has 3 aromatic carbocycles. The van der Waals surface area contributed by atoms with Crippen LogP contribution >= 0.6 is 11.8 Å². The van der Waals surface area contributed by atoms with Crippen molar-refractivity contribution in [1.29, 1.82) is 0 Å². The van der Waals surface area contributed by atoms with Gasteiger partial charge in [-0.1, -0.05) is 18.2 Å². The summed E-state index contributed by atoms with van der Waals surface area (Å²) in [7, 11) is 3.01. The van der Waals surface area contributed by atoms with Crippen molar-refractivity contribution in [3.63, 3.8) is 0 Å². The first-order valence-electron chi connectivity index (χ1n) is 9.45. The van der Waals surface area contributed by atoms with Crippen molar-refractivity contribution in [2.24, 2.45) is 0 Å². The number of Topliss-reactive ketones (excluding diaryl/α,β-unsaturated/α-hetero) is 1. The standard InChI is InChI=1S/C23H20N2O6S/c1-30-21-10-9-16(12-22(21)31-2)23(27)24-17-6-4-8-19(13-17)32-14-20(26)15-5-3-7-18(11-15)25(28)29/h3-13H,14H2,1-2H3,(H,24,27). The van der Waals surface area contributed by atoms with Gasteiger partial charge in [0.25, 0.3) is 11.6 Å². The second kappa shape index (κ2) is 10.5. The number of anilines is 1. The molecule has 0 aliphatic carbocycles. The van der Waals surface area contributed by atoms with Crippen LogP contribution in [0.5, 0.6) is 11.5 Å². The number of nitrogens with one attached hydrogen (secondary N) is 1. The first kappa shape index (κ1) is 22.8. The lowest BCUT2D eigenvalue weighted by molar-refractivity contribution is -0.384. The normalized spacial score (nSPS) is 10.3. The Morgan fingerprint density at radius 3 is 2.41 bits per heavy atom. The van der Waals surface area contributed by atoms with Gasteiger partial charge in [0.1, 0.15) is 0 Å². The highest BCUT2D eigenvalue weighted by atomic mass is 32.2. The highest BCUT2D eigenvalue weighted by Crippen LogP contribution is 2.28. The number of benzene rings is 3. The van der Waals surface area contributed by atoms with Gasteiger partial charge < -0.3 is 14.8 Å². The number of hydrogen-bond acceptors (Lipinski definition) is 7. The van der Waals surface area contributed by atoms with Crippen molar-refractivity contribution in [2.45, 2.75) is 4.90 Å². The molecular formula is C23H20N2O6S. The van der Waals surface area contributed by atoms with Gasteiger partial charge in [0.2, 0.25) is 0 Å². The van der Waals surface area contributed by atoms with Crippen molar-refractivity contribution in [3.8, 4) is 11.5 Å². The van der Waals surface area contributed by atoms with Crippen molar-refractivity contribution >= 4 is 34.8 Å². The maximum Gasteiger partial charge on any atom is 0.270 e. The minimum absolute atomic E-state index is 0.105. The number of ether oxygens (including phenoxy) is 2. The van der Waals surface area contributed by atoms with Gasteiger partial charge in [-0.2, -0.15) is 0 Å². The molecule has 9 heteroatoms. The third-order valence-electron chi connectivity index (χ3n) is 4.49. The molecule has 0 atom stereocenters. The van der Waals surface area contributed by atoms with E-state index in [1.54, 1.807) is 42.5 Å². The van der Waals surface area contributed by atoms with Crippen LogP contribution in [0.25, 0.3) is 0 Å². The predicted molar refractivity (Wildman–Crippen MR) is 122 cm³/mol. The number of amides is 1. The molecule has 3 rings (SSSR count). The monoisotopic (exact) mass is 452 g/mol. The summed E-state index contributed by atoms with van der Waals surface area (Å²) in [4.78, 5) is 36.2. The van der Waals surface area contributed by atoms with Gasteiger partial charge >= 0.3 is 0 Å². The van der Waals surface area contributed by atoms with Gasteiger partial charge in [-0.25, -0.2) is 0 Å². The Bertz CT molecular complexity index is 1160. The van der Waals surface area contributed by atoms with E-state index < -0.39 is 4.92 Å². The van der Waals surface area contributed by atoms with E-state index >= 15 is 0 Å². The minimum atomic E-state index is -0.533. The molecule has 0 aliphatic heterocycles. The van der Waals surface area contributed by atoms with Crippen LogP contribution in [-0.2, 0) is 0 Å². The molecule has 0 spiro atoms. The summed E-state index contributed by atoms with van der Waals surface area (Å²) in [5.74, 6) is 0.535. The molecule has 8 nitrogen and oxygen atoms in total. The lowest BCUT2D eigenvalue weighted by atomic mass is 10.1. The molecule has 3 aromatic rings. The molecule has 32 heavy (non-hydrogen) atoms. The molecule has 0 unspecified atom stereocenters. The highest BCUT2D eigenvalue weighted by Gasteiger charge is 2.13. The number of nitro benzene ring substituents is 1. The van der Waals surface area contributed by atoms with Crippen molar-refractivity contribution in [3.05, 3.63) is 88.0 Å². The van der Waals surface area contributed by atoms with E-state index in [2.05, 4.69) is 5.32 Å². The number of hydrogen-bond donors (Lipinski definition) is 1. The quantitative estimate of drug-likeness (QED) is 0.214. The number of non-ortho nitro benzene ring substituents is 1. The van der Waals surface area contributed by atoms with Crippen LogP contribution < -0.4 is 14.8 Å². The zero-order chi connectivity index (χ0) is 23.1. The Morgan fingerprint density at radius 2 is 1.69 bits per heavy atom. The lowest BCUT2D eigenvalue weighted by Crippen LogP contribution is -2.12. The first-order valence-corrected chi connectivity index (χ1v) is 10.4. The van der Waals surface area contributed by atoms with Crippen LogP contribution in [0.1, 0.15) is 20.7 Å². The highest BCUT2D eigenvalue weighted by molar-refractivity contribution is 8.00. The second-order valence-corrected chi connectivity index (χ2v) is 7.62. The zero-order valence-electron chi connectivity index (χ0n) is 17.4. The SMILES string of the molecule is COc1ccc(C(=O)Nc2cccc(SCC(=O)c3cccc([N+](=O)[O-])c3)c2)cc1OC. The first-order chi connectivity index (χ1) is 15.4. The second-order valence-electron chi connectivity index (χ2n) is 6.57. The molecule has 0 saturated carbocycles. The van der Waals surface area contributed by atoms with Crippen LogP contribution in [0.3, 0.4) is 0 Å². The predicted octanol–water partition coefficient (Wildman–Crippen LogP) is 4.84. The fraction of sp³-hybridized carbons (Fsp3) is 0.130. The Hall–Kier alpha value is -3.85. The molecular weight excluding hydrogens is 432 g/mol. The fourth-order valence-electron chi connectivity index (χ4n) is 2.87. The molecule has 0 radical (unpaired) electrons. The van der Waals surface area contributed by atoms with Crippen LogP contribution in [0.4, 0.5) is 11.4 Å². The van der Waals surface area contributed by atoms with Gasteiger partial charge in [-0.3, -0.25) is 19.7 Å². The van der Waals surface area contributed by atoms with Crippen LogP contribution in [0.2, 0.25) is 0 Å². The third-order valence-corrected chi connectivity index (χ3v) is 5.48. The number of nitro groups is 1. The topological polar surface area (TPSA) is 108 Å². The molecule has 0 heterocycles. The van der Waals surface area contributed by atoms with E-state index in [4.69, 9.17) is 9.47 Å². The molecule has 0 bridgehead atoms. The number of rotatable bonds is 9. The summed E-state index contributed by atoms with van der Waals surface area (Å²) in [6.07, 6.45) is 0. The molecule has 0 aromatic heterocycles. The lowest BCUT2D eigenvalue weighted by Gasteiger charge is -2.10. The van der Waals surface area contributed by atoms with Gasteiger partial charge in [-0.05, 0) is 36.4 Å². The average Bonchev–Trinajstić information content (AvgIpc) is 2.82. The number of carbonyl (C=O) groups excluding carboxylic acids is 2. The number of methoxy groups -OCH3 is 2. The Morgan fingerprint density at radius 1 is 0.938 bits per heavy atom.